The van der Waals surface area contributed by atoms with Crippen molar-refractivity contribution < 1.29 is 13.2 Å². The molecule has 0 unspecified atom stereocenters. The van der Waals surface area contributed by atoms with E-state index >= 15 is 0 Å². The molecule has 0 atom stereocenters. The minimum Gasteiger partial charge on any atom is -0.361 e. The Morgan fingerprint density at radius 1 is 1.17 bits per heavy atom. The SMILES string of the molecule is NC(=O)NS(=O)(=O)c1ccccc1-c1ccc[nH]1. The average Bonchev–Trinajstić information content (AvgIpc) is 2.80. The van der Waals surface area contributed by atoms with Crippen molar-refractivity contribution >= 4 is 16.1 Å². The van der Waals surface area contributed by atoms with E-state index in [-0.39, 0.29) is 4.90 Å². The molecule has 0 radical (unpaired) electrons. The number of hydrogen-bond donors (Lipinski definition) is 3. The molecule has 7 heteroatoms. The number of aromatic nitrogens is 1. The third-order valence-corrected chi connectivity index (χ3v) is 3.70. The average molecular weight is 265 g/mol. The molecular formula is C11H11N3O3S. The van der Waals surface area contributed by atoms with Crippen LogP contribution >= 0.6 is 0 Å². The lowest BCUT2D eigenvalue weighted by molar-refractivity contribution is 0.253. The number of aromatic amines is 1. The summed E-state index contributed by atoms with van der Waals surface area (Å²) in [6, 6.07) is 8.69. The Balaban J connectivity index is 2.56. The van der Waals surface area contributed by atoms with Gasteiger partial charge in [0.05, 0.1) is 4.90 Å². The number of urea groups is 1. The number of nitrogens with one attached hydrogen (secondary N) is 2. The van der Waals surface area contributed by atoms with Crippen LogP contribution in [-0.4, -0.2) is 19.4 Å². The van der Waals surface area contributed by atoms with Gasteiger partial charge in [-0.25, -0.2) is 17.9 Å². The lowest BCUT2D eigenvalue weighted by atomic mass is 10.1. The Morgan fingerprint density at radius 2 is 1.89 bits per heavy atom. The fourth-order valence-corrected chi connectivity index (χ4v) is 2.71. The normalized spacial score (nSPS) is 11.1. The second kappa shape index (κ2) is 4.53. The molecular weight excluding hydrogens is 254 g/mol. The van der Waals surface area contributed by atoms with Gasteiger partial charge in [0.1, 0.15) is 0 Å². The predicted molar refractivity (Wildman–Crippen MR) is 66.1 cm³/mol. The zero-order chi connectivity index (χ0) is 13.2. The number of carbonyl (C=O) groups is 1. The topological polar surface area (TPSA) is 105 Å². The molecule has 0 aliphatic rings. The fraction of sp³-hybridized carbons (Fsp3) is 0. The Morgan fingerprint density at radius 3 is 2.50 bits per heavy atom. The molecule has 0 fully saturated rings. The van der Waals surface area contributed by atoms with E-state index in [4.69, 9.17) is 5.73 Å². The molecule has 1 aromatic carbocycles. The van der Waals surface area contributed by atoms with Crippen molar-refractivity contribution in [2.45, 2.75) is 4.90 Å². The van der Waals surface area contributed by atoms with Crippen LogP contribution in [0, 0.1) is 0 Å². The van der Waals surface area contributed by atoms with E-state index in [1.54, 1.807) is 41.3 Å². The number of primary amides is 1. The smallest absolute Gasteiger partial charge is 0.326 e. The molecule has 2 amide bonds. The highest BCUT2D eigenvalue weighted by atomic mass is 32.2. The van der Waals surface area contributed by atoms with Crippen molar-refractivity contribution in [1.29, 1.82) is 0 Å². The van der Waals surface area contributed by atoms with Gasteiger partial charge in [0.15, 0.2) is 0 Å². The predicted octanol–water partition coefficient (Wildman–Crippen LogP) is 1.04. The maximum absolute atomic E-state index is 11.9. The minimum atomic E-state index is -3.96. The van der Waals surface area contributed by atoms with Gasteiger partial charge in [0.2, 0.25) is 0 Å². The summed E-state index contributed by atoms with van der Waals surface area (Å²) in [6.07, 6.45) is 1.68. The summed E-state index contributed by atoms with van der Waals surface area (Å²) in [5.41, 5.74) is 5.96. The first-order valence-corrected chi connectivity index (χ1v) is 6.54. The molecule has 0 aliphatic heterocycles. The number of hydrogen-bond acceptors (Lipinski definition) is 3. The van der Waals surface area contributed by atoms with Crippen LogP contribution in [0.4, 0.5) is 4.79 Å². The standard InChI is InChI=1S/C11H11N3O3S/c12-11(15)14-18(16,17)10-6-2-1-4-8(10)9-5-3-7-13-9/h1-7,13H,(H3,12,14,15). The fourth-order valence-electron chi connectivity index (χ4n) is 1.61. The van der Waals surface area contributed by atoms with Crippen LogP contribution in [0.25, 0.3) is 11.3 Å². The Hall–Kier alpha value is -2.28. The van der Waals surface area contributed by atoms with Crippen LogP contribution in [-0.2, 0) is 10.0 Å². The van der Waals surface area contributed by atoms with E-state index in [9.17, 15) is 13.2 Å². The van der Waals surface area contributed by atoms with Gasteiger partial charge in [0, 0.05) is 17.5 Å². The van der Waals surface area contributed by atoms with Gasteiger partial charge in [-0.3, -0.25) is 0 Å². The van der Waals surface area contributed by atoms with Crippen LogP contribution in [0.1, 0.15) is 0 Å². The van der Waals surface area contributed by atoms with Gasteiger partial charge < -0.3 is 10.7 Å². The van der Waals surface area contributed by atoms with E-state index in [0.29, 0.717) is 11.3 Å². The van der Waals surface area contributed by atoms with Gasteiger partial charge in [-0.2, -0.15) is 0 Å². The molecule has 0 saturated carbocycles. The third kappa shape index (κ3) is 2.35. The molecule has 94 valence electrons. The van der Waals surface area contributed by atoms with Crippen LogP contribution in [0.15, 0.2) is 47.5 Å². The number of rotatable bonds is 3. The van der Waals surface area contributed by atoms with Crippen LogP contribution in [0.2, 0.25) is 0 Å². The monoisotopic (exact) mass is 265 g/mol. The molecule has 4 N–H and O–H groups in total. The van der Waals surface area contributed by atoms with E-state index in [0.717, 1.165) is 0 Å². The maximum atomic E-state index is 11.9. The van der Waals surface area contributed by atoms with Crippen molar-refractivity contribution in [2.75, 3.05) is 0 Å². The molecule has 2 aromatic rings. The quantitative estimate of drug-likeness (QED) is 0.772. The Labute approximate surface area is 104 Å². The molecule has 0 saturated heterocycles. The first kappa shape index (κ1) is 12.2. The number of sulfonamides is 1. The van der Waals surface area contributed by atoms with E-state index in [1.165, 1.54) is 6.07 Å². The van der Waals surface area contributed by atoms with E-state index in [2.05, 4.69) is 4.98 Å². The van der Waals surface area contributed by atoms with Crippen molar-refractivity contribution in [3.63, 3.8) is 0 Å². The summed E-state index contributed by atoms with van der Waals surface area (Å²) >= 11 is 0. The highest BCUT2D eigenvalue weighted by molar-refractivity contribution is 7.90. The summed E-state index contributed by atoms with van der Waals surface area (Å²) in [7, 11) is -3.96. The largest absolute Gasteiger partial charge is 0.361 e. The molecule has 0 spiro atoms. The summed E-state index contributed by atoms with van der Waals surface area (Å²) in [4.78, 5) is 13.6. The van der Waals surface area contributed by atoms with Crippen molar-refractivity contribution in [1.82, 2.24) is 9.71 Å². The van der Waals surface area contributed by atoms with Crippen LogP contribution in [0.3, 0.4) is 0 Å². The van der Waals surface area contributed by atoms with Gasteiger partial charge >= 0.3 is 6.03 Å². The zero-order valence-electron chi connectivity index (χ0n) is 9.25. The number of amides is 2. The Bertz CT molecular complexity index is 663. The minimum absolute atomic E-state index is 0.00810. The summed E-state index contributed by atoms with van der Waals surface area (Å²) < 4.78 is 25.6. The highest BCUT2D eigenvalue weighted by Gasteiger charge is 2.20. The van der Waals surface area contributed by atoms with Gasteiger partial charge in [-0.05, 0) is 18.2 Å². The molecule has 1 aromatic heterocycles. The van der Waals surface area contributed by atoms with Crippen LogP contribution < -0.4 is 10.5 Å². The number of H-pyrrole nitrogens is 1. The molecule has 0 aliphatic carbocycles. The van der Waals surface area contributed by atoms with Gasteiger partial charge in [-0.15, -0.1) is 0 Å². The first-order chi connectivity index (χ1) is 8.50. The molecule has 18 heavy (non-hydrogen) atoms. The molecule has 6 nitrogen and oxygen atoms in total. The Kier molecular flexibility index (Phi) is 3.07. The van der Waals surface area contributed by atoms with Crippen molar-refractivity contribution in [3.05, 3.63) is 42.6 Å². The maximum Gasteiger partial charge on any atom is 0.326 e. The van der Waals surface area contributed by atoms with Crippen molar-refractivity contribution in [3.8, 4) is 11.3 Å². The number of carbonyl (C=O) groups excluding carboxylic acids is 1. The van der Waals surface area contributed by atoms with Crippen LogP contribution in [0.5, 0.6) is 0 Å². The van der Waals surface area contributed by atoms with E-state index in [1.807, 2.05) is 0 Å². The summed E-state index contributed by atoms with van der Waals surface area (Å²) in [5, 5.41) is 0. The summed E-state index contributed by atoms with van der Waals surface area (Å²) in [5.74, 6) is 0. The summed E-state index contributed by atoms with van der Waals surface area (Å²) in [6.45, 7) is 0. The van der Waals surface area contributed by atoms with Gasteiger partial charge in [0.25, 0.3) is 10.0 Å². The first-order valence-electron chi connectivity index (χ1n) is 5.06. The second-order valence-electron chi connectivity index (χ2n) is 3.55. The molecule has 0 bridgehead atoms. The second-order valence-corrected chi connectivity index (χ2v) is 5.20. The lowest BCUT2D eigenvalue weighted by Crippen LogP contribution is -2.35. The lowest BCUT2D eigenvalue weighted by Gasteiger charge is -2.09. The zero-order valence-corrected chi connectivity index (χ0v) is 10.1. The molecule has 1 heterocycles. The third-order valence-electron chi connectivity index (χ3n) is 2.30. The van der Waals surface area contributed by atoms with Crippen molar-refractivity contribution in [2.24, 2.45) is 5.73 Å². The van der Waals surface area contributed by atoms with Gasteiger partial charge in [-0.1, -0.05) is 18.2 Å². The highest BCUT2D eigenvalue weighted by Crippen LogP contribution is 2.25. The van der Waals surface area contributed by atoms with E-state index < -0.39 is 16.1 Å². The number of benzene rings is 1. The number of nitrogens with two attached hydrogens (primary N) is 1. The molecule has 2 rings (SSSR count).